The molecule has 1 aromatic heterocycles. The van der Waals surface area contributed by atoms with Gasteiger partial charge in [0.25, 0.3) is 0 Å². The van der Waals surface area contributed by atoms with Gasteiger partial charge in [0.1, 0.15) is 0 Å². The summed E-state index contributed by atoms with van der Waals surface area (Å²) in [5, 5.41) is 12.5. The van der Waals surface area contributed by atoms with Gasteiger partial charge in [-0.05, 0) is 51.3 Å². The zero-order valence-corrected chi connectivity index (χ0v) is 10.6. The molecular formula is C13H22N2O. The molecule has 0 amide bonds. The Morgan fingerprint density at radius 2 is 2.19 bits per heavy atom. The highest BCUT2D eigenvalue weighted by atomic mass is 16.3. The smallest absolute Gasteiger partial charge is 0.0448 e. The normalized spacial score (nSPS) is 13.8. The lowest BCUT2D eigenvalue weighted by Crippen LogP contribution is -2.41. The second kappa shape index (κ2) is 5.41. The molecule has 90 valence electrons. The highest BCUT2D eigenvalue weighted by molar-refractivity contribution is 5.24. The van der Waals surface area contributed by atoms with Crippen LogP contribution in [0.5, 0.6) is 0 Å². The predicted molar refractivity (Wildman–Crippen MR) is 66.3 cm³/mol. The first-order chi connectivity index (χ1) is 7.46. The largest absolute Gasteiger partial charge is 0.396 e. The van der Waals surface area contributed by atoms with Gasteiger partial charge in [0.05, 0.1) is 0 Å². The fourth-order valence-corrected chi connectivity index (χ4v) is 1.95. The van der Waals surface area contributed by atoms with E-state index in [9.17, 15) is 0 Å². The molecule has 16 heavy (non-hydrogen) atoms. The van der Waals surface area contributed by atoms with Gasteiger partial charge < -0.3 is 10.4 Å². The van der Waals surface area contributed by atoms with Crippen LogP contribution in [0.1, 0.15) is 44.4 Å². The van der Waals surface area contributed by atoms with Crippen LogP contribution in [0.3, 0.4) is 0 Å². The summed E-state index contributed by atoms with van der Waals surface area (Å²) in [6, 6.07) is 2.27. The second-order valence-corrected chi connectivity index (χ2v) is 4.96. The molecule has 1 rings (SSSR count). The van der Waals surface area contributed by atoms with Crippen LogP contribution in [0.25, 0.3) is 0 Å². The Morgan fingerprint density at radius 3 is 2.75 bits per heavy atom. The number of hydrogen-bond acceptors (Lipinski definition) is 3. The standard InChI is InChI=1S/C13H22N2O/c1-10-5-7-14-9-12(10)11(2)15-13(3,4)6-8-16/h5,7,9,11,15-16H,6,8H2,1-4H3. The van der Waals surface area contributed by atoms with E-state index in [1.165, 1.54) is 11.1 Å². The molecule has 0 radical (unpaired) electrons. The second-order valence-electron chi connectivity index (χ2n) is 4.96. The zero-order chi connectivity index (χ0) is 12.2. The molecule has 2 N–H and O–H groups in total. The number of hydrogen-bond donors (Lipinski definition) is 2. The number of aliphatic hydroxyl groups is 1. The van der Waals surface area contributed by atoms with E-state index < -0.39 is 0 Å². The topological polar surface area (TPSA) is 45.2 Å². The molecule has 1 heterocycles. The van der Waals surface area contributed by atoms with Gasteiger partial charge in [-0.15, -0.1) is 0 Å². The quantitative estimate of drug-likeness (QED) is 0.803. The molecule has 0 aliphatic heterocycles. The average molecular weight is 222 g/mol. The summed E-state index contributed by atoms with van der Waals surface area (Å²) in [4.78, 5) is 4.15. The monoisotopic (exact) mass is 222 g/mol. The molecule has 0 aliphatic carbocycles. The minimum absolute atomic E-state index is 0.0591. The molecule has 0 saturated heterocycles. The van der Waals surface area contributed by atoms with Crippen LogP contribution in [0.15, 0.2) is 18.5 Å². The van der Waals surface area contributed by atoms with Gasteiger partial charge >= 0.3 is 0 Å². The summed E-state index contributed by atoms with van der Waals surface area (Å²) >= 11 is 0. The third kappa shape index (κ3) is 3.58. The van der Waals surface area contributed by atoms with E-state index in [1.54, 1.807) is 0 Å². The highest BCUT2D eigenvalue weighted by Crippen LogP contribution is 2.20. The molecule has 1 unspecified atom stereocenters. The summed E-state index contributed by atoms with van der Waals surface area (Å²) in [6.45, 7) is 8.63. The summed E-state index contributed by atoms with van der Waals surface area (Å²) in [5.41, 5.74) is 2.40. The van der Waals surface area contributed by atoms with Crippen molar-refractivity contribution in [3.63, 3.8) is 0 Å². The summed E-state index contributed by atoms with van der Waals surface area (Å²) in [7, 11) is 0. The molecule has 0 aliphatic rings. The Labute approximate surface area is 97.9 Å². The molecule has 1 atom stereocenters. The maximum Gasteiger partial charge on any atom is 0.0448 e. The SMILES string of the molecule is Cc1ccncc1C(C)NC(C)(C)CCO. The maximum atomic E-state index is 8.99. The van der Waals surface area contributed by atoms with Gasteiger partial charge in [0.2, 0.25) is 0 Å². The number of aliphatic hydroxyl groups excluding tert-OH is 1. The third-order valence-electron chi connectivity index (χ3n) is 2.89. The highest BCUT2D eigenvalue weighted by Gasteiger charge is 2.20. The van der Waals surface area contributed by atoms with Crippen LogP contribution >= 0.6 is 0 Å². The van der Waals surface area contributed by atoms with Crippen LogP contribution in [0.4, 0.5) is 0 Å². The van der Waals surface area contributed by atoms with E-state index in [-0.39, 0.29) is 18.2 Å². The molecule has 0 bridgehead atoms. The maximum absolute atomic E-state index is 8.99. The van der Waals surface area contributed by atoms with Gasteiger partial charge in [-0.25, -0.2) is 0 Å². The van der Waals surface area contributed by atoms with Crippen LogP contribution in [-0.4, -0.2) is 22.2 Å². The van der Waals surface area contributed by atoms with Crippen molar-refractivity contribution in [3.8, 4) is 0 Å². The number of aromatic nitrogens is 1. The molecule has 0 fully saturated rings. The fourth-order valence-electron chi connectivity index (χ4n) is 1.95. The van der Waals surface area contributed by atoms with Gasteiger partial charge in [0.15, 0.2) is 0 Å². The Hall–Kier alpha value is -0.930. The number of rotatable bonds is 5. The first-order valence-corrected chi connectivity index (χ1v) is 5.75. The van der Waals surface area contributed by atoms with Gasteiger partial charge in [0, 0.05) is 30.6 Å². The first-order valence-electron chi connectivity index (χ1n) is 5.75. The molecule has 3 heteroatoms. The average Bonchev–Trinajstić information content (AvgIpc) is 2.17. The number of nitrogens with one attached hydrogen (secondary N) is 1. The number of aryl methyl sites for hydroxylation is 1. The van der Waals surface area contributed by atoms with Crippen LogP contribution in [0, 0.1) is 6.92 Å². The van der Waals surface area contributed by atoms with E-state index >= 15 is 0 Å². The van der Waals surface area contributed by atoms with E-state index in [0.29, 0.717) is 0 Å². The van der Waals surface area contributed by atoms with Crippen molar-refractivity contribution in [1.82, 2.24) is 10.3 Å². The van der Waals surface area contributed by atoms with Crippen LogP contribution in [-0.2, 0) is 0 Å². The molecule has 0 saturated carbocycles. The van der Waals surface area contributed by atoms with Crippen molar-refractivity contribution in [2.75, 3.05) is 6.61 Å². The van der Waals surface area contributed by atoms with Crippen molar-refractivity contribution in [2.45, 2.75) is 45.7 Å². The molecule has 0 spiro atoms. The van der Waals surface area contributed by atoms with E-state index in [1.807, 2.05) is 18.5 Å². The van der Waals surface area contributed by atoms with Crippen molar-refractivity contribution in [1.29, 1.82) is 0 Å². The minimum Gasteiger partial charge on any atom is -0.396 e. The Morgan fingerprint density at radius 1 is 1.50 bits per heavy atom. The van der Waals surface area contributed by atoms with Crippen molar-refractivity contribution in [3.05, 3.63) is 29.6 Å². The third-order valence-corrected chi connectivity index (χ3v) is 2.89. The first kappa shape index (κ1) is 13.1. The van der Waals surface area contributed by atoms with Gasteiger partial charge in [-0.1, -0.05) is 0 Å². The Bertz CT molecular complexity index is 336. The minimum atomic E-state index is -0.0591. The lowest BCUT2D eigenvalue weighted by molar-refractivity contribution is 0.221. The van der Waals surface area contributed by atoms with Crippen LogP contribution in [0.2, 0.25) is 0 Å². The van der Waals surface area contributed by atoms with Crippen LogP contribution < -0.4 is 5.32 Å². The Balaban J connectivity index is 2.72. The van der Waals surface area contributed by atoms with E-state index in [2.05, 4.69) is 38.0 Å². The molecule has 3 nitrogen and oxygen atoms in total. The Kier molecular flexibility index (Phi) is 4.44. The molecule has 0 aromatic carbocycles. The van der Waals surface area contributed by atoms with E-state index in [4.69, 9.17) is 5.11 Å². The lowest BCUT2D eigenvalue weighted by atomic mass is 9.97. The van der Waals surface area contributed by atoms with Crippen molar-refractivity contribution >= 4 is 0 Å². The number of nitrogens with zero attached hydrogens (tertiary/aromatic N) is 1. The van der Waals surface area contributed by atoms with E-state index in [0.717, 1.165) is 6.42 Å². The summed E-state index contributed by atoms with van der Waals surface area (Å²) in [6.07, 6.45) is 4.46. The van der Waals surface area contributed by atoms with Gasteiger partial charge in [-0.2, -0.15) is 0 Å². The zero-order valence-electron chi connectivity index (χ0n) is 10.6. The van der Waals surface area contributed by atoms with Crippen molar-refractivity contribution < 1.29 is 5.11 Å². The predicted octanol–water partition coefficient (Wildman–Crippen LogP) is 2.20. The summed E-state index contributed by atoms with van der Waals surface area (Å²) < 4.78 is 0. The number of pyridine rings is 1. The van der Waals surface area contributed by atoms with Gasteiger partial charge in [-0.3, -0.25) is 4.98 Å². The fraction of sp³-hybridized carbons (Fsp3) is 0.615. The lowest BCUT2D eigenvalue weighted by Gasteiger charge is -2.30. The molecule has 1 aromatic rings. The van der Waals surface area contributed by atoms with Crippen molar-refractivity contribution in [2.24, 2.45) is 0 Å². The summed E-state index contributed by atoms with van der Waals surface area (Å²) in [5.74, 6) is 0. The molecular weight excluding hydrogens is 200 g/mol.